The minimum atomic E-state index is -0.726. The number of ketones is 2. The zero-order valence-corrected chi connectivity index (χ0v) is 35.0. The molecule has 306 valence electrons. The number of hydrogen-bond acceptors (Lipinski definition) is 10. The zero-order chi connectivity index (χ0) is 42.5. The van der Waals surface area contributed by atoms with E-state index in [4.69, 9.17) is 9.47 Å². The number of allylic oxidation sites excluding steroid dienone is 2. The van der Waals surface area contributed by atoms with Gasteiger partial charge in [0, 0.05) is 32.7 Å². The molecule has 2 unspecified atom stereocenters. The summed E-state index contributed by atoms with van der Waals surface area (Å²) in [5.41, 5.74) is 4.98. The number of carbonyl (C=O) groups is 6. The van der Waals surface area contributed by atoms with E-state index in [0.717, 1.165) is 42.3 Å². The van der Waals surface area contributed by atoms with Gasteiger partial charge in [-0.05, 0) is 90.7 Å². The van der Waals surface area contributed by atoms with Crippen molar-refractivity contribution in [1.82, 2.24) is 9.80 Å². The lowest BCUT2D eigenvalue weighted by molar-refractivity contribution is -0.123. The lowest BCUT2D eigenvalue weighted by Crippen LogP contribution is -2.46. The van der Waals surface area contributed by atoms with E-state index in [2.05, 4.69) is 38.3 Å². The Labute approximate surface area is 359 Å². The number of ether oxygens (including phenoxy) is 2. The first-order valence-corrected chi connectivity index (χ1v) is 21.8. The monoisotopic (exact) mass is 848 g/mol. The smallest absolute Gasteiger partial charge is 0.266 e. The third kappa shape index (κ3) is 7.19. The van der Waals surface area contributed by atoms with Gasteiger partial charge in [-0.25, -0.2) is 0 Å². The molecule has 4 amide bonds. The Morgan fingerprint density at radius 3 is 1.66 bits per heavy atom. The molecule has 4 aliphatic rings. The van der Waals surface area contributed by atoms with Gasteiger partial charge >= 0.3 is 0 Å². The molecule has 12 heteroatoms. The second kappa shape index (κ2) is 16.2. The van der Waals surface area contributed by atoms with Crippen molar-refractivity contribution in [2.45, 2.75) is 70.7 Å². The van der Waals surface area contributed by atoms with Gasteiger partial charge in [-0.1, -0.05) is 72.8 Å². The summed E-state index contributed by atoms with van der Waals surface area (Å²) in [5, 5.41) is 4.35. The normalized spacial score (nSPS) is 18.8. The largest absolute Gasteiger partial charge is 0.488 e. The summed E-state index contributed by atoms with van der Waals surface area (Å²) in [4.78, 5) is 80.7. The van der Waals surface area contributed by atoms with Crippen LogP contribution in [0.3, 0.4) is 0 Å². The predicted octanol–water partition coefficient (Wildman–Crippen LogP) is 9.82. The maximum atomic E-state index is 13.2. The first-order valence-electron chi connectivity index (χ1n) is 20.1. The van der Waals surface area contributed by atoms with E-state index in [1.807, 2.05) is 35.7 Å². The number of Topliss-reactive ketones (excluding diaryl/α,β-unsaturated/α-hetero) is 2. The van der Waals surface area contributed by atoms with Gasteiger partial charge in [-0.2, -0.15) is 0 Å². The minimum absolute atomic E-state index is 0.130. The van der Waals surface area contributed by atoms with Gasteiger partial charge in [-0.15, -0.1) is 22.7 Å². The Morgan fingerprint density at radius 2 is 1.11 bits per heavy atom. The highest BCUT2D eigenvalue weighted by molar-refractivity contribution is 7.19. The lowest BCUT2D eigenvalue weighted by Gasteiger charge is -2.29. The van der Waals surface area contributed by atoms with Crippen LogP contribution in [0.5, 0.6) is 11.5 Å². The fourth-order valence-electron chi connectivity index (χ4n) is 8.61. The van der Waals surface area contributed by atoms with Gasteiger partial charge in [0.15, 0.2) is 11.6 Å². The number of fused-ring (bicyclic) bond motifs is 4. The van der Waals surface area contributed by atoms with Gasteiger partial charge in [0.25, 0.3) is 23.6 Å². The highest BCUT2D eigenvalue weighted by atomic mass is 32.1. The Hall–Kier alpha value is -6.50. The molecule has 0 spiro atoms. The van der Waals surface area contributed by atoms with Gasteiger partial charge in [0.1, 0.15) is 24.7 Å². The molecule has 2 fully saturated rings. The van der Waals surface area contributed by atoms with Crippen LogP contribution in [0.4, 0.5) is 0 Å². The van der Waals surface area contributed by atoms with Crippen LogP contribution in [0.2, 0.25) is 0 Å². The number of nitrogens with zero attached hydrogens (tertiary/aromatic N) is 2. The Kier molecular flexibility index (Phi) is 10.6. The van der Waals surface area contributed by atoms with Crippen molar-refractivity contribution >= 4 is 78.0 Å². The fourth-order valence-corrected chi connectivity index (χ4v) is 10.7. The van der Waals surface area contributed by atoms with Crippen LogP contribution >= 0.6 is 22.7 Å². The molecule has 2 aliphatic heterocycles. The first kappa shape index (κ1) is 39.9. The number of hydrogen-bond donors (Lipinski definition) is 0. The standard InChI is InChI=1S/C25H21NO4S.C24H19NO4S/c1-14-10-11-18(19(27)12-14)26-24(28)17-7-5-8-20(23(17)25(26)29)30-13-22-15(2)16-6-3-4-9-21(16)31-22;1-14-9-10-18(19(26)11-14)25-23(27)17-6-4-7-20(22(17)24(25)28)29-12-15-13-30-21-8-3-2-5-16(15)21/h3-9,18H,1,10-13H2,2H3;2-8,13,18H,1,9-12H2. The molecule has 2 saturated carbocycles. The Bertz CT molecular complexity index is 2890. The summed E-state index contributed by atoms with van der Waals surface area (Å²) in [6.45, 7) is 10.4. The molecule has 2 atom stereocenters. The van der Waals surface area contributed by atoms with E-state index in [0.29, 0.717) is 61.5 Å². The molecule has 0 saturated heterocycles. The van der Waals surface area contributed by atoms with E-state index in [1.165, 1.54) is 14.8 Å². The Balaban J connectivity index is 0.000000156. The van der Waals surface area contributed by atoms with Gasteiger partial charge in [-0.3, -0.25) is 38.6 Å². The van der Waals surface area contributed by atoms with E-state index in [9.17, 15) is 28.8 Å². The summed E-state index contributed by atoms with van der Waals surface area (Å²) in [5.74, 6) is -1.26. The number of carbonyl (C=O) groups excluding carboxylic acids is 6. The molecule has 10 rings (SSSR count). The maximum Gasteiger partial charge on any atom is 0.266 e. The molecule has 0 N–H and O–H groups in total. The van der Waals surface area contributed by atoms with Gasteiger partial charge < -0.3 is 9.47 Å². The van der Waals surface area contributed by atoms with Crippen LogP contribution in [-0.4, -0.2) is 57.1 Å². The summed E-state index contributed by atoms with van der Waals surface area (Å²) >= 11 is 3.30. The summed E-state index contributed by atoms with van der Waals surface area (Å²) in [7, 11) is 0. The van der Waals surface area contributed by atoms with Crippen molar-refractivity contribution in [3.63, 3.8) is 0 Å². The van der Waals surface area contributed by atoms with Gasteiger partial charge in [0.2, 0.25) is 0 Å². The van der Waals surface area contributed by atoms with Crippen LogP contribution in [0.15, 0.2) is 115 Å². The minimum Gasteiger partial charge on any atom is -0.488 e. The van der Waals surface area contributed by atoms with Crippen molar-refractivity contribution in [2.24, 2.45) is 0 Å². The summed E-state index contributed by atoms with van der Waals surface area (Å²) < 4.78 is 14.4. The maximum absolute atomic E-state index is 13.2. The number of benzene rings is 4. The molecule has 4 heterocycles. The van der Waals surface area contributed by atoms with E-state index < -0.39 is 35.7 Å². The fraction of sp³-hybridized carbons (Fsp3) is 0.224. The number of imide groups is 2. The lowest BCUT2D eigenvalue weighted by atomic mass is 9.89. The topological polar surface area (TPSA) is 127 Å². The van der Waals surface area contributed by atoms with Gasteiger partial charge in [0.05, 0.1) is 34.3 Å². The van der Waals surface area contributed by atoms with Crippen molar-refractivity contribution in [2.75, 3.05) is 0 Å². The predicted molar refractivity (Wildman–Crippen MR) is 235 cm³/mol. The van der Waals surface area contributed by atoms with Crippen molar-refractivity contribution in [3.05, 3.63) is 153 Å². The van der Waals surface area contributed by atoms with Crippen molar-refractivity contribution < 1.29 is 38.2 Å². The third-order valence-electron chi connectivity index (χ3n) is 11.8. The van der Waals surface area contributed by atoms with E-state index in [1.54, 1.807) is 59.1 Å². The van der Waals surface area contributed by atoms with Crippen molar-refractivity contribution in [3.8, 4) is 11.5 Å². The van der Waals surface area contributed by atoms with Crippen LogP contribution in [0, 0.1) is 6.92 Å². The number of amides is 4. The Morgan fingerprint density at radius 1 is 0.607 bits per heavy atom. The average molecular weight is 849 g/mol. The second-order valence-electron chi connectivity index (χ2n) is 15.7. The van der Waals surface area contributed by atoms with Crippen LogP contribution in [-0.2, 0) is 22.8 Å². The number of rotatable bonds is 8. The number of aryl methyl sites for hydroxylation is 1. The quantitative estimate of drug-likeness (QED) is 0.109. The van der Waals surface area contributed by atoms with Crippen LogP contribution in [0.25, 0.3) is 20.2 Å². The van der Waals surface area contributed by atoms with E-state index >= 15 is 0 Å². The summed E-state index contributed by atoms with van der Waals surface area (Å²) in [6.07, 6.45) is 2.57. The van der Waals surface area contributed by atoms with Crippen LogP contribution in [0.1, 0.15) is 96.0 Å². The van der Waals surface area contributed by atoms with Crippen molar-refractivity contribution in [1.29, 1.82) is 0 Å². The molecule has 2 aromatic heterocycles. The average Bonchev–Trinajstić information content (AvgIpc) is 3.97. The molecule has 10 nitrogen and oxygen atoms in total. The highest BCUT2D eigenvalue weighted by Crippen LogP contribution is 2.39. The van der Waals surface area contributed by atoms with E-state index in [-0.39, 0.29) is 35.5 Å². The molecule has 0 radical (unpaired) electrons. The molecule has 6 aromatic rings. The molecular formula is C49H40N2O8S2. The molecule has 2 aliphatic carbocycles. The molecule has 4 aromatic carbocycles. The third-order valence-corrected chi connectivity index (χ3v) is 14.1. The van der Waals surface area contributed by atoms with Crippen LogP contribution < -0.4 is 9.47 Å². The molecule has 0 bridgehead atoms. The SMILES string of the molecule is C=C1CCC(N2C(=O)c3cccc(OCc4csc5ccccc45)c3C2=O)C(=O)C1.C=C1CCC(N2C(=O)c3cccc(OCc4sc5ccccc5c4C)c3C2=O)C(=O)C1. The molecular weight excluding hydrogens is 809 g/mol. The zero-order valence-electron chi connectivity index (χ0n) is 33.4. The summed E-state index contributed by atoms with van der Waals surface area (Å²) in [6, 6.07) is 24.9. The highest BCUT2D eigenvalue weighted by Gasteiger charge is 2.46. The molecule has 61 heavy (non-hydrogen) atoms. The second-order valence-corrected chi connectivity index (χ2v) is 17.7. The number of thiophene rings is 2. The first-order chi connectivity index (χ1) is 29.5.